The minimum absolute atomic E-state index is 0.195. The first kappa shape index (κ1) is 18.5. The fraction of sp³-hybridized carbons (Fsp3) is 0.182. The Morgan fingerprint density at radius 3 is 1.19 bits per heavy atom. The SMILES string of the molecule is Oc1ccc(CCc2cc(CCc3ccc(O)cc3)c(O)c(O)c2O)cc1. The average molecular weight is 366 g/mol. The highest BCUT2D eigenvalue weighted by Crippen LogP contribution is 2.41. The van der Waals surface area contributed by atoms with Crippen molar-refractivity contribution in [3.8, 4) is 28.7 Å². The topological polar surface area (TPSA) is 101 Å². The highest BCUT2D eigenvalue weighted by molar-refractivity contribution is 5.58. The second kappa shape index (κ2) is 7.91. The highest BCUT2D eigenvalue weighted by atomic mass is 16.3. The molecule has 3 aromatic rings. The minimum atomic E-state index is -0.501. The second-order valence-electron chi connectivity index (χ2n) is 6.57. The first-order valence-electron chi connectivity index (χ1n) is 8.75. The van der Waals surface area contributed by atoms with E-state index in [1.807, 2.05) is 0 Å². The number of aryl methyl sites for hydroxylation is 4. The fourth-order valence-corrected chi connectivity index (χ4v) is 3.03. The van der Waals surface area contributed by atoms with Gasteiger partial charge in [-0.1, -0.05) is 24.3 Å². The van der Waals surface area contributed by atoms with Crippen LogP contribution >= 0.6 is 0 Å². The van der Waals surface area contributed by atoms with E-state index in [2.05, 4.69) is 0 Å². The van der Waals surface area contributed by atoms with Crippen molar-refractivity contribution in [1.29, 1.82) is 0 Å². The number of phenolic OH excluding ortho intramolecular Hbond substituents is 5. The Balaban J connectivity index is 1.76. The van der Waals surface area contributed by atoms with Crippen LogP contribution in [0.4, 0.5) is 0 Å². The maximum absolute atomic E-state index is 10.2. The van der Waals surface area contributed by atoms with E-state index in [4.69, 9.17) is 0 Å². The standard InChI is InChI=1S/C22H22O5/c23-18-9-3-14(4-10-18)1-7-16-13-17(21(26)22(27)20(16)25)8-2-15-5-11-19(24)12-6-15/h3-6,9-13,23-27H,1-2,7-8H2. The van der Waals surface area contributed by atoms with E-state index in [-0.39, 0.29) is 23.0 Å². The van der Waals surface area contributed by atoms with Gasteiger partial charge < -0.3 is 25.5 Å². The van der Waals surface area contributed by atoms with E-state index in [9.17, 15) is 25.5 Å². The third-order valence-corrected chi connectivity index (χ3v) is 4.64. The molecule has 3 rings (SSSR count). The van der Waals surface area contributed by atoms with E-state index < -0.39 is 5.75 Å². The van der Waals surface area contributed by atoms with Crippen LogP contribution < -0.4 is 0 Å². The number of hydrogen-bond acceptors (Lipinski definition) is 5. The van der Waals surface area contributed by atoms with E-state index in [0.29, 0.717) is 36.8 Å². The van der Waals surface area contributed by atoms with Crippen LogP contribution in [0.3, 0.4) is 0 Å². The predicted molar refractivity (Wildman–Crippen MR) is 102 cm³/mol. The van der Waals surface area contributed by atoms with Crippen LogP contribution in [-0.4, -0.2) is 25.5 Å². The van der Waals surface area contributed by atoms with Gasteiger partial charge in [0.25, 0.3) is 0 Å². The normalized spacial score (nSPS) is 10.8. The molecule has 0 aliphatic carbocycles. The molecule has 5 nitrogen and oxygen atoms in total. The second-order valence-corrected chi connectivity index (χ2v) is 6.57. The summed E-state index contributed by atoms with van der Waals surface area (Å²) < 4.78 is 0. The highest BCUT2D eigenvalue weighted by Gasteiger charge is 2.16. The summed E-state index contributed by atoms with van der Waals surface area (Å²) in [5.41, 5.74) is 3.09. The lowest BCUT2D eigenvalue weighted by atomic mass is 9.97. The summed E-state index contributed by atoms with van der Waals surface area (Å²) in [6, 6.07) is 15.3. The molecule has 5 heteroatoms. The van der Waals surface area contributed by atoms with Gasteiger partial charge in [-0.2, -0.15) is 0 Å². The zero-order chi connectivity index (χ0) is 19.4. The van der Waals surface area contributed by atoms with E-state index in [1.54, 1.807) is 54.6 Å². The molecular weight excluding hydrogens is 344 g/mol. The van der Waals surface area contributed by atoms with Crippen molar-refractivity contribution in [2.24, 2.45) is 0 Å². The van der Waals surface area contributed by atoms with Gasteiger partial charge in [-0.15, -0.1) is 0 Å². The summed E-state index contributed by atoms with van der Waals surface area (Å²) in [5, 5.41) is 49.1. The van der Waals surface area contributed by atoms with Gasteiger partial charge in [-0.25, -0.2) is 0 Å². The Labute approximate surface area is 157 Å². The molecule has 27 heavy (non-hydrogen) atoms. The van der Waals surface area contributed by atoms with Crippen LogP contribution in [-0.2, 0) is 25.7 Å². The Kier molecular flexibility index (Phi) is 5.41. The molecule has 0 amide bonds. The van der Waals surface area contributed by atoms with Crippen LogP contribution in [0.1, 0.15) is 22.3 Å². The summed E-state index contributed by atoms with van der Waals surface area (Å²) in [6.07, 6.45) is 2.21. The molecule has 5 N–H and O–H groups in total. The van der Waals surface area contributed by atoms with Crippen LogP contribution in [0.5, 0.6) is 28.7 Å². The molecule has 0 radical (unpaired) electrons. The van der Waals surface area contributed by atoms with Crippen LogP contribution in [0.15, 0.2) is 54.6 Å². The molecule has 0 aliphatic heterocycles. The molecule has 0 aromatic heterocycles. The molecule has 0 fully saturated rings. The van der Waals surface area contributed by atoms with Gasteiger partial charge in [0.15, 0.2) is 11.5 Å². The number of hydrogen-bond donors (Lipinski definition) is 5. The first-order valence-corrected chi connectivity index (χ1v) is 8.75. The quantitative estimate of drug-likeness (QED) is 0.427. The van der Waals surface area contributed by atoms with Crippen molar-refractivity contribution >= 4 is 0 Å². The third kappa shape index (κ3) is 4.44. The van der Waals surface area contributed by atoms with E-state index >= 15 is 0 Å². The summed E-state index contributed by atoms with van der Waals surface area (Å²) in [7, 11) is 0. The molecule has 0 aliphatic rings. The maximum atomic E-state index is 10.2. The lowest BCUT2D eigenvalue weighted by molar-refractivity contribution is 0.362. The van der Waals surface area contributed by atoms with E-state index in [1.165, 1.54) is 0 Å². The minimum Gasteiger partial charge on any atom is -0.508 e. The Morgan fingerprint density at radius 1 is 0.444 bits per heavy atom. The van der Waals surface area contributed by atoms with Gasteiger partial charge in [0.2, 0.25) is 5.75 Å². The molecule has 0 unspecified atom stereocenters. The summed E-state index contributed by atoms with van der Waals surface area (Å²) in [4.78, 5) is 0. The number of benzene rings is 3. The largest absolute Gasteiger partial charge is 0.508 e. The maximum Gasteiger partial charge on any atom is 0.200 e. The Bertz CT molecular complexity index is 841. The summed E-state index contributed by atoms with van der Waals surface area (Å²) in [6.45, 7) is 0. The Hall–Kier alpha value is -3.34. The molecule has 140 valence electrons. The number of aromatic hydroxyl groups is 5. The first-order chi connectivity index (χ1) is 12.9. The fourth-order valence-electron chi connectivity index (χ4n) is 3.03. The molecule has 0 spiro atoms. The molecule has 0 bridgehead atoms. The van der Waals surface area contributed by atoms with Gasteiger partial charge in [-0.3, -0.25) is 0 Å². The van der Waals surface area contributed by atoms with Crippen molar-refractivity contribution in [2.45, 2.75) is 25.7 Å². The van der Waals surface area contributed by atoms with E-state index in [0.717, 1.165) is 11.1 Å². The molecule has 3 aromatic carbocycles. The van der Waals surface area contributed by atoms with Crippen molar-refractivity contribution in [3.63, 3.8) is 0 Å². The monoisotopic (exact) mass is 366 g/mol. The van der Waals surface area contributed by atoms with Gasteiger partial charge in [0.1, 0.15) is 11.5 Å². The predicted octanol–water partition coefficient (Wildman–Crippen LogP) is 3.79. The van der Waals surface area contributed by atoms with Crippen molar-refractivity contribution in [3.05, 3.63) is 76.9 Å². The molecule has 0 saturated heterocycles. The van der Waals surface area contributed by atoms with Gasteiger partial charge >= 0.3 is 0 Å². The molecule has 0 heterocycles. The summed E-state index contributed by atoms with van der Waals surface area (Å²) in [5.74, 6) is -0.723. The van der Waals surface area contributed by atoms with Crippen LogP contribution in [0.25, 0.3) is 0 Å². The molecule has 0 atom stereocenters. The Morgan fingerprint density at radius 2 is 0.815 bits per heavy atom. The van der Waals surface area contributed by atoms with Crippen LogP contribution in [0, 0.1) is 0 Å². The molecular formula is C22H22O5. The third-order valence-electron chi connectivity index (χ3n) is 4.64. The van der Waals surface area contributed by atoms with Gasteiger partial charge in [-0.05, 0) is 78.3 Å². The van der Waals surface area contributed by atoms with Gasteiger partial charge in [0, 0.05) is 0 Å². The zero-order valence-corrected chi connectivity index (χ0v) is 14.8. The average Bonchev–Trinajstić information content (AvgIpc) is 2.67. The lowest BCUT2D eigenvalue weighted by Crippen LogP contribution is -1.97. The number of rotatable bonds is 6. The van der Waals surface area contributed by atoms with Crippen molar-refractivity contribution < 1.29 is 25.5 Å². The smallest absolute Gasteiger partial charge is 0.200 e. The van der Waals surface area contributed by atoms with Gasteiger partial charge in [0.05, 0.1) is 0 Å². The lowest BCUT2D eigenvalue weighted by Gasteiger charge is -2.13. The van der Waals surface area contributed by atoms with Crippen LogP contribution in [0.2, 0.25) is 0 Å². The zero-order valence-electron chi connectivity index (χ0n) is 14.8. The van der Waals surface area contributed by atoms with Crippen molar-refractivity contribution in [1.82, 2.24) is 0 Å². The molecule has 0 saturated carbocycles. The van der Waals surface area contributed by atoms with Crippen molar-refractivity contribution in [2.75, 3.05) is 0 Å². The summed E-state index contributed by atoms with van der Waals surface area (Å²) >= 11 is 0. The number of phenols is 5.